The Morgan fingerprint density at radius 3 is 2.14 bits per heavy atom. The van der Waals surface area contributed by atoms with E-state index in [0.29, 0.717) is 35.1 Å². The lowest BCUT2D eigenvalue weighted by Gasteiger charge is -2.34. The van der Waals surface area contributed by atoms with Gasteiger partial charge in [-0.15, -0.1) is 0 Å². The number of carbonyl (C=O) groups is 2. The van der Waals surface area contributed by atoms with Gasteiger partial charge in [0, 0.05) is 31.2 Å². The third-order valence-corrected chi connectivity index (χ3v) is 6.04. The number of nitrogens with zero attached hydrogens (tertiary/aromatic N) is 3. The van der Waals surface area contributed by atoms with E-state index < -0.39 is 0 Å². The first-order valence-electron chi connectivity index (χ1n) is 9.76. The van der Waals surface area contributed by atoms with Crippen molar-refractivity contribution in [2.24, 2.45) is 0 Å². The van der Waals surface area contributed by atoms with Crippen molar-refractivity contribution in [3.05, 3.63) is 69.9 Å². The predicted molar refractivity (Wildman–Crippen MR) is 116 cm³/mol. The van der Waals surface area contributed by atoms with Gasteiger partial charge in [0.2, 0.25) is 0 Å². The maximum Gasteiger partial charge on any atom is 0.282 e. The molecule has 0 N–H and O–H groups in total. The standard InChI is InChI=1S/C23H24ClN3O2/c1-15-4-7-17(8-5-15)20-21(26-12-10-25(3)11-13-26)23(29)27(22(20)28)18-9-6-16(2)19(24)14-18/h4-9,14H,10-13H2,1-3H3. The number of halogens is 1. The zero-order valence-corrected chi connectivity index (χ0v) is 17.7. The summed E-state index contributed by atoms with van der Waals surface area (Å²) in [5, 5.41) is 0.535. The second kappa shape index (κ2) is 7.65. The van der Waals surface area contributed by atoms with Crippen molar-refractivity contribution in [1.29, 1.82) is 0 Å². The van der Waals surface area contributed by atoms with Crippen molar-refractivity contribution < 1.29 is 9.59 Å². The first kappa shape index (κ1) is 19.7. The second-order valence-corrected chi connectivity index (χ2v) is 8.17. The summed E-state index contributed by atoms with van der Waals surface area (Å²) in [6, 6.07) is 13.1. The smallest absolute Gasteiger partial charge is 0.282 e. The van der Waals surface area contributed by atoms with Crippen molar-refractivity contribution in [1.82, 2.24) is 9.80 Å². The molecular weight excluding hydrogens is 386 g/mol. The lowest BCUT2D eigenvalue weighted by atomic mass is 10.0. The average molecular weight is 410 g/mol. The van der Waals surface area contributed by atoms with E-state index >= 15 is 0 Å². The Bertz CT molecular complexity index is 1010. The van der Waals surface area contributed by atoms with Gasteiger partial charge >= 0.3 is 0 Å². The summed E-state index contributed by atoms with van der Waals surface area (Å²) in [7, 11) is 2.06. The fraction of sp³-hybridized carbons (Fsp3) is 0.304. The van der Waals surface area contributed by atoms with Gasteiger partial charge in [0.05, 0.1) is 11.3 Å². The van der Waals surface area contributed by atoms with Crippen molar-refractivity contribution in [3.63, 3.8) is 0 Å². The van der Waals surface area contributed by atoms with Gasteiger partial charge in [-0.2, -0.15) is 0 Å². The monoisotopic (exact) mass is 409 g/mol. The molecule has 0 aliphatic carbocycles. The highest BCUT2D eigenvalue weighted by Gasteiger charge is 2.43. The number of benzene rings is 2. The van der Waals surface area contributed by atoms with Crippen LogP contribution in [0.1, 0.15) is 16.7 Å². The Balaban J connectivity index is 1.81. The van der Waals surface area contributed by atoms with Crippen LogP contribution in [-0.4, -0.2) is 54.8 Å². The van der Waals surface area contributed by atoms with Crippen LogP contribution in [0.4, 0.5) is 5.69 Å². The van der Waals surface area contributed by atoms with Crippen molar-refractivity contribution >= 4 is 34.7 Å². The number of anilines is 1. The highest BCUT2D eigenvalue weighted by molar-refractivity contribution is 6.45. The van der Waals surface area contributed by atoms with Crippen LogP contribution in [0.25, 0.3) is 5.57 Å². The summed E-state index contributed by atoms with van der Waals surface area (Å²) in [4.78, 5) is 32.5. The number of piperazine rings is 1. The minimum atomic E-state index is -0.298. The van der Waals surface area contributed by atoms with Crippen LogP contribution >= 0.6 is 11.6 Å². The molecule has 0 atom stereocenters. The number of likely N-dealkylation sites (N-methyl/N-ethyl adjacent to an activating group) is 1. The molecule has 0 aromatic heterocycles. The zero-order chi connectivity index (χ0) is 20.7. The van der Waals surface area contributed by atoms with Gasteiger partial charge in [0.1, 0.15) is 5.70 Å². The molecule has 2 aromatic rings. The number of amides is 2. The topological polar surface area (TPSA) is 43.9 Å². The minimum Gasteiger partial charge on any atom is -0.364 e. The Hall–Kier alpha value is -2.63. The number of aryl methyl sites for hydroxylation is 2. The summed E-state index contributed by atoms with van der Waals surface area (Å²) >= 11 is 6.28. The van der Waals surface area contributed by atoms with Crippen LogP contribution in [0.2, 0.25) is 5.02 Å². The SMILES string of the molecule is Cc1ccc(C2=C(N3CCN(C)CC3)C(=O)N(c3ccc(C)c(Cl)c3)C2=O)cc1. The summed E-state index contributed by atoms with van der Waals surface area (Å²) in [6.45, 7) is 7.02. The normalized spacial score (nSPS) is 18.2. The summed E-state index contributed by atoms with van der Waals surface area (Å²) in [5.74, 6) is -0.581. The van der Waals surface area contributed by atoms with E-state index in [1.807, 2.05) is 49.1 Å². The molecule has 2 aliphatic rings. The van der Waals surface area contributed by atoms with E-state index in [1.54, 1.807) is 12.1 Å². The number of imide groups is 1. The van der Waals surface area contributed by atoms with Gasteiger partial charge < -0.3 is 9.80 Å². The largest absolute Gasteiger partial charge is 0.364 e. The molecule has 0 spiro atoms. The Morgan fingerprint density at radius 2 is 1.52 bits per heavy atom. The van der Waals surface area contributed by atoms with Crippen molar-refractivity contribution in [3.8, 4) is 0 Å². The van der Waals surface area contributed by atoms with Crippen LogP contribution in [-0.2, 0) is 9.59 Å². The molecule has 150 valence electrons. The fourth-order valence-corrected chi connectivity index (χ4v) is 3.95. The van der Waals surface area contributed by atoms with E-state index in [-0.39, 0.29) is 11.8 Å². The molecule has 0 radical (unpaired) electrons. The van der Waals surface area contributed by atoms with Gasteiger partial charge in [0.15, 0.2) is 0 Å². The molecule has 0 bridgehead atoms. The van der Waals surface area contributed by atoms with E-state index in [0.717, 1.165) is 29.8 Å². The maximum atomic E-state index is 13.5. The fourth-order valence-electron chi connectivity index (χ4n) is 3.78. The molecule has 2 aliphatic heterocycles. The van der Waals surface area contributed by atoms with E-state index in [9.17, 15) is 9.59 Å². The van der Waals surface area contributed by atoms with Crippen molar-refractivity contribution in [2.75, 3.05) is 38.1 Å². The van der Waals surface area contributed by atoms with Crippen LogP contribution in [0.15, 0.2) is 48.2 Å². The quantitative estimate of drug-likeness (QED) is 0.728. The molecule has 2 heterocycles. The predicted octanol–water partition coefficient (Wildman–Crippen LogP) is 3.49. The minimum absolute atomic E-state index is 0.282. The molecule has 2 amide bonds. The van der Waals surface area contributed by atoms with Gasteiger partial charge in [-0.25, -0.2) is 4.90 Å². The van der Waals surface area contributed by atoms with Gasteiger partial charge in [-0.3, -0.25) is 9.59 Å². The molecule has 5 nitrogen and oxygen atoms in total. The molecule has 2 aromatic carbocycles. The number of hydrogen-bond donors (Lipinski definition) is 0. The highest BCUT2D eigenvalue weighted by Crippen LogP contribution is 2.36. The molecule has 0 unspecified atom stereocenters. The maximum absolute atomic E-state index is 13.5. The molecular formula is C23H24ClN3O2. The Morgan fingerprint density at radius 1 is 0.862 bits per heavy atom. The number of rotatable bonds is 3. The van der Waals surface area contributed by atoms with Gasteiger partial charge in [-0.1, -0.05) is 47.5 Å². The molecule has 29 heavy (non-hydrogen) atoms. The van der Waals surface area contributed by atoms with Crippen LogP contribution in [0.3, 0.4) is 0 Å². The number of carbonyl (C=O) groups excluding carboxylic acids is 2. The van der Waals surface area contributed by atoms with Crippen LogP contribution in [0.5, 0.6) is 0 Å². The molecule has 0 saturated carbocycles. The molecule has 4 rings (SSSR count). The lowest BCUT2D eigenvalue weighted by molar-refractivity contribution is -0.120. The van der Waals surface area contributed by atoms with Gasteiger partial charge in [0.25, 0.3) is 11.8 Å². The molecule has 6 heteroatoms. The van der Waals surface area contributed by atoms with E-state index in [1.165, 1.54) is 4.90 Å². The third-order valence-electron chi connectivity index (χ3n) is 5.63. The lowest BCUT2D eigenvalue weighted by Crippen LogP contribution is -2.46. The van der Waals surface area contributed by atoms with Crippen LogP contribution < -0.4 is 4.90 Å². The van der Waals surface area contributed by atoms with E-state index in [2.05, 4.69) is 11.9 Å². The summed E-state index contributed by atoms with van der Waals surface area (Å²) in [6.07, 6.45) is 0. The molecule has 1 fully saturated rings. The van der Waals surface area contributed by atoms with Gasteiger partial charge in [-0.05, 0) is 44.2 Å². The highest BCUT2D eigenvalue weighted by atomic mass is 35.5. The first-order chi connectivity index (χ1) is 13.9. The number of hydrogen-bond acceptors (Lipinski definition) is 4. The Kier molecular flexibility index (Phi) is 5.19. The first-order valence-corrected chi connectivity index (χ1v) is 10.1. The Labute approximate surface area is 176 Å². The zero-order valence-electron chi connectivity index (χ0n) is 16.9. The van der Waals surface area contributed by atoms with Crippen molar-refractivity contribution in [2.45, 2.75) is 13.8 Å². The third kappa shape index (κ3) is 3.56. The van der Waals surface area contributed by atoms with E-state index in [4.69, 9.17) is 11.6 Å². The average Bonchev–Trinajstić information content (AvgIpc) is 2.96. The molecule has 1 saturated heterocycles. The summed E-state index contributed by atoms with van der Waals surface area (Å²) in [5.41, 5.74) is 4.24. The summed E-state index contributed by atoms with van der Waals surface area (Å²) < 4.78 is 0. The van der Waals surface area contributed by atoms with Crippen LogP contribution in [0, 0.1) is 13.8 Å². The second-order valence-electron chi connectivity index (χ2n) is 7.76.